The van der Waals surface area contributed by atoms with E-state index in [-0.39, 0.29) is 19.8 Å². The van der Waals surface area contributed by atoms with E-state index >= 15 is 0 Å². The van der Waals surface area contributed by atoms with Crippen molar-refractivity contribution in [3.63, 3.8) is 0 Å². The van der Waals surface area contributed by atoms with Crippen LogP contribution in [0.15, 0.2) is 176 Å². The summed E-state index contributed by atoms with van der Waals surface area (Å²) in [4.78, 5) is 12.3. The summed E-state index contributed by atoms with van der Waals surface area (Å²) in [7, 11) is 1.37. The maximum Gasteiger partial charge on any atom is 0.337 e. The van der Waals surface area contributed by atoms with Gasteiger partial charge in [-0.3, -0.25) is 0 Å². The monoisotopic (exact) mass is 1620 g/mol. The number of rotatable bonds is 70. The molecule has 0 unspecified atom stereocenters. The SMILES string of the molecule is CCCCCCCCCCCCOc1ccc(COc2ccc(COc3cc(COc4ccc(C(=O)OC)cc4)cc(OCc4ccc(OCc5ccc(OCCCCCCCCCCCC)cc5)c(OCc5ccc(OCCCCCCCCCCCC)cc5)c4)c3)cc2OCc2ccc(OCCCCCCCCCCCC)cc2)cc1. The Bertz CT molecular complexity index is 3640. The van der Waals surface area contributed by atoms with Crippen LogP contribution in [0.4, 0.5) is 0 Å². The lowest BCUT2D eigenvalue weighted by molar-refractivity contribution is 0.0600. The summed E-state index contributed by atoms with van der Waals surface area (Å²) in [5, 5.41) is 0. The van der Waals surface area contributed by atoms with Crippen LogP contribution in [0.5, 0.6) is 63.2 Å². The maximum absolute atomic E-state index is 12.3. The highest BCUT2D eigenvalue weighted by atomic mass is 16.5. The predicted molar refractivity (Wildman–Crippen MR) is 483 cm³/mol. The van der Waals surface area contributed by atoms with E-state index in [1.807, 2.05) is 103 Å². The van der Waals surface area contributed by atoms with Gasteiger partial charge in [-0.15, -0.1) is 0 Å². The van der Waals surface area contributed by atoms with Crippen LogP contribution in [0.1, 0.15) is 334 Å². The zero-order chi connectivity index (χ0) is 82.6. The number of carbonyl (C=O) groups is 1. The third kappa shape index (κ3) is 40.7. The molecule has 0 saturated carbocycles. The van der Waals surface area contributed by atoms with Gasteiger partial charge in [-0.25, -0.2) is 4.79 Å². The number of ether oxygens (including phenoxy) is 12. The molecular formula is C105H146O13. The molecule has 0 N–H and O–H groups in total. The Morgan fingerprint density at radius 2 is 0.415 bits per heavy atom. The molecule has 0 aliphatic heterocycles. The topological polar surface area (TPSA) is 128 Å². The zero-order valence-electron chi connectivity index (χ0n) is 73.1. The van der Waals surface area contributed by atoms with E-state index in [0.717, 1.165) is 87.6 Å². The van der Waals surface area contributed by atoms with E-state index in [9.17, 15) is 4.79 Å². The highest BCUT2D eigenvalue weighted by molar-refractivity contribution is 5.89. The lowest BCUT2D eigenvalue weighted by Gasteiger charge is -2.17. The Labute approximate surface area is 711 Å². The van der Waals surface area contributed by atoms with Crippen molar-refractivity contribution in [1.29, 1.82) is 0 Å². The summed E-state index contributed by atoms with van der Waals surface area (Å²) in [6.45, 7) is 13.8. The molecular weight excluding hydrogens is 1470 g/mol. The maximum atomic E-state index is 12.3. The summed E-state index contributed by atoms with van der Waals surface area (Å²) >= 11 is 0. The van der Waals surface area contributed by atoms with Crippen LogP contribution in [-0.2, 0) is 51.0 Å². The van der Waals surface area contributed by atoms with Gasteiger partial charge in [0, 0.05) is 6.07 Å². The molecule has 0 fully saturated rings. The number of carbonyl (C=O) groups excluding carboxylic acids is 1. The average Bonchev–Trinajstić information content (AvgIpc) is 0.841. The average molecular weight is 1620 g/mol. The van der Waals surface area contributed by atoms with E-state index in [2.05, 4.69) is 76.2 Å². The molecule has 0 saturated heterocycles. The number of methoxy groups -OCH3 is 1. The Morgan fingerprint density at radius 1 is 0.195 bits per heavy atom. The Kier molecular flexibility index (Phi) is 48.5. The fourth-order valence-electron chi connectivity index (χ4n) is 14.4. The first-order valence-corrected chi connectivity index (χ1v) is 46.1. The summed E-state index contributed by atoms with van der Waals surface area (Å²) < 4.78 is 76.0. The smallest absolute Gasteiger partial charge is 0.337 e. The molecule has 0 amide bonds. The van der Waals surface area contributed by atoms with Crippen LogP contribution in [0.3, 0.4) is 0 Å². The molecule has 0 radical (unpaired) electrons. The number of hydrogen-bond donors (Lipinski definition) is 0. The standard InChI is InChI=1S/C105H146O13/c1-6-10-14-18-22-26-30-34-38-42-70-108-94-58-46-86(47-59-94)79-115-101-68-54-90(76-103(101)117-81-88-50-62-96(63-51-88)110-72-44-40-36-32-28-24-20-16-12-8-3)83-113-99-74-92(85-112-98-66-56-93(57-67-98)105(106)107-5)75-100(78-99)114-84-91-55-69-102(116-80-87-48-60-95(61-49-87)109-71-43-39-35-31-27-23-19-15-11-7-2)104(77-91)118-82-89-52-64-97(65-53-89)111-73-45-41-37-33-29-25-21-17-13-9-4/h46-69,74-78H,6-45,70-73,79-85H2,1-5H3. The van der Waals surface area contributed by atoms with Crippen molar-refractivity contribution in [1.82, 2.24) is 0 Å². The van der Waals surface area contributed by atoms with E-state index < -0.39 is 5.97 Å². The molecule has 0 aromatic heterocycles. The molecule has 0 heterocycles. The molecule has 8 rings (SSSR count). The van der Waals surface area contributed by atoms with Gasteiger partial charge in [0.15, 0.2) is 23.0 Å². The molecule has 13 heteroatoms. The summed E-state index contributed by atoms with van der Waals surface area (Å²) in [5.74, 6) is 7.17. The Hall–Kier alpha value is -8.97. The molecule has 13 nitrogen and oxygen atoms in total. The Balaban J connectivity index is 0.936. The number of benzene rings is 8. The minimum atomic E-state index is -0.418. The number of hydrogen-bond acceptors (Lipinski definition) is 13. The van der Waals surface area contributed by atoms with Crippen molar-refractivity contribution in [2.45, 2.75) is 331 Å². The van der Waals surface area contributed by atoms with Gasteiger partial charge in [0.05, 0.1) is 39.1 Å². The molecule has 0 aliphatic carbocycles. The van der Waals surface area contributed by atoms with Crippen LogP contribution in [-0.4, -0.2) is 39.5 Å². The first-order chi connectivity index (χ1) is 58.3. The molecule has 0 bridgehead atoms. The molecule has 0 atom stereocenters. The third-order valence-corrected chi connectivity index (χ3v) is 21.8. The van der Waals surface area contributed by atoms with Crippen LogP contribution in [0, 0.1) is 0 Å². The van der Waals surface area contributed by atoms with E-state index in [4.69, 9.17) is 56.8 Å². The van der Waals surface area contributed by atoms with Gasteiger partial charge >= 0.3 is 5.97 Å². The zero-order valence-corrected chi connectivity index (χ0v) is 73.1. The van der Waals surface area contributed by atoms with Gasteiger partial charge < -0.3 is 56.8 Å². The summed E-state index contributed by atoms with van der Waals surface area (Å²) in [5.41, 5.74) is 7.02. The van der Waals surface area contributed by atoms with Crippen LogP contribution < -0.4 is 52.1 Å². The normalized spacial score (nSPS) is 11.2. The van der Waals surface area contributed by atoms with Crippen molar-refractivity contribution in [2.24, 2.45) is 0 Å². The predicted octanol–water partition coefficient (Wildman–Crippen LogP) is 29.7. The lowest BCUT2D eigenvalue weighted by Crippen LogP contribution is -2.04. The van der Waals surface area contributed by atoms with Crippen LogP contribution in [0.25, 0.3) is 0 Å². The van der Waals surface area contributed by atoms with Crippen LogP contribution in [0.2, 0.25) is 0 Å². The lowest BCUT2D eigenvalue weighted by atomic mass is 10.1. The van der Waals surface area contributed by atoms with Crippen molar-refractivity contribution in [3.05, 3.63) is 220 Å². The second-order valence-corrected chi connectivity index (χ2v) is 32.1. The van der Waals surface area contributed by atoms with Crippen molar-refractivity contribution >= 4 is 5.97 Å². The summed E-state index contributed by atoms with van der Waals surface area (Å²) in [6.07, 6.45) is 51.6. The minimum absolute atomic E-state index is 0.183. The van der Waals surface area contributed by atoms with Gasteiger partial charge in [0.2, 0.25) is 0 Å². The van der Waals surface area contributed by atoms with Crippen molar-refractivity contribution in [3.8, 4) is 63.2 Å². The molecule has 0 aliphatic rings. The summed E-state index contributed by atoms with van der Waals surface area (Å²) in [6, 6.07) is 57.5. The third-order valence-electron chi connectivity index (χ3n) is 21.8. The van der Waals surface area contributed by atoms with Gasteiger partial charge in [0.1, 0.15) is 86.5 Å². The highest BCUT2D eigenvalue weighted by Gasteiger charge is 2.16. The van der Waals surface area contributed by atoms with Gasteiger partial charge in [-0.1, -0.05) is 320 Å². The fourth-order valence-corrected chi connectivity index (χ4v) is 14.4. The first kappa shape index (κ1) is 94.5. The quantitative estimate of drug-likeness (QED) is 0.0265. The largest absolute Gasteiger partial charge is 0.494 e. The van der Waals surface area contributed by atoms with E-state index in [1.54, 1.807) is 24.3 Å². The van der Waals surface area contributed by atoms with Gasteiger partial charge in [-0.2, -0.15) is 0 Å². The molecule has 8 aromatic carbocycles. The minimum Gasteiger partial charge on any atom is -0.494 e. The molecule has 118 heavy (non-hydrogen) atoms. The van der Waals surface area contributed by atoms with Crippen LogP contribution >= 0.6 is 0 Å². The van der Waals surface area contributed by atoms with Gasteiger partial charge in [0.25, 0.3) is 0 Å². The highest BCUT2D eigenvalue weighted by Crippen LogP contribution is 2.35. The van der Waals surface area contributed by atoms with Crippen molar-refractivity contribution in [2.75, 3.05) is 33.5 Å². The van der Waals surface area contributed by atoms with E-state index in [1.165, 1.54) is 238 Å². The molecule has 8 aromatic rings. The molecule has 0 spiro atoms. The second-order valence-electron chi connectivity index (χ2n) is 32.1. The first-order valence-electron chi connectivity index (χ1n) is 46.1. The van der Waals surface area contributed by atoms with Crippen molar-refractivity contribution < 1.29 is 61.6 Å². The Morgan fingerprint density at radius 3 is 0.695 bits per heavy atom. The van der Waals surface area contributed by atoms with Gasteiger partial charge in [-0.05, 0) is 174 Å². The molecule has 644 valence electrons. The second kappa shape index (κ2) is 60.5. The number of unbranched alkanes of at least 4 members (excludes halogenated alkanes) is 36. The van der Waals surface area contributed by atoms with E-state index in [0.29, 0.717) is 98.7 Å². The number of esters is 1. The fraction of sp³-hybridized carbons (Fsp3) is 0.533.